The molecule has 1 heterocycles. The number of aromatic nitrogens is 1. The normalized spacial score (nSPS) is 10.5. The van der Waals surface area contributed by atoms with Crippen LogP contribution in [-0.2, 0) is 0 Å². The van der Waals surface area contributed by atoms with Crippen LogP contribution in [0.25, 0.3) is 10.9 Å². The molecule has 0 aliphatic rings. The Hall–Kier alpha value is -1.39. The summed E-state index contributed by atoms with van der Waals surface area (Å²) in [4.78, 5) is 4.31. The fraction of sp³-hybridized carbons (Fsp3) is 0.100. The molecule has 0 saturated carbocycles. The Bertz CT molecular complexity index is 471. The van der Waals surface area contributed by atoms with Crippen LogP contribution in [0, 0.1) is 6.92 Å². The Labute approximate surface area is 82.2 Å². The van der Waals surface area contributed by atoms with Crippen LogP contribution in [0.15, 0.2) is 30.3 Å². The van der Waals surface area contributed by atoms with Gasteiger partial charge in [-0.2, -0.15) is 0 Å². The molecular formula is C10H10BNO2. The highest BCUT2D eigenvalue weighted by Crippen LogP contribution is 2.10. The number of nitrogens with zero attached hydrogens (tertiary/aromatic N) is 1. The van der Waals surface area contributed by atoms with Gasteiger partial charge in [0.05, 0.1) is 5.52 Å². The van der Waals surface area contributed by atoms with E-state index in [0.717, 1.165) is 16.6 Å². The summed E-state index contributed by atoms with van der Waals surface area (Å²) in [6.07, 6.45) is 0. The van der Waals surface area contributed by atoms with E-state index in [2.05, 4.69) is 4.98 Å². The predicted octanol–water partition coefficient (Wildman–Crippen LogP) is 0.223. The molecule has 70 valence electrons. The van der Waals surface area contributed by atoms with Gasteiger partial charge in [0.1, 0.15) is 0 Å². The maximum atomic E-state index is 8.97. The average molecular weight is 187 g/mol. The molecule has 1 aromatic heterocycles. The van der Waals surface area contributed by atoms with Gasteiger partial charge < -0.3 is 10.0 Å². The van der Waals surface area contributed by atoms with Gasteiger partial charge in [0.25, 0.3) is 0 Å². The van der Waals surface area contributed by atoms with Crippen LogP contribution in [-0.4, -0.2) is 22.2 Å². The quantitative estimate of drug-likeness (QED) is 0.628. The lowest BCUT2D eigenvalue weighted by Crippen LogP contribution is -2.29. The lowest BCUT2D eigenvalue weighted by atomic mass is 9.80. The zero-order valence-corrected chi connectivity index (χ0v) is 7.81. The largest absolute Gasteiger partial charge is 0.488 e. The Morgan fingerprint density at radius 1 is 1.14 bits per heavy atom. The van der Waals surface area contributed by atoms with Crippen molar-refractivity contribution in [2.75, 3.05) is 0 Å². The summed E-state index contributed by atoms with van der Waals surface area (Å²) < 4.78 is 0. The fourth-order valence-electron chi connectivity index (χ4n) is 1.41. The molecule has 2 N–H and O–H groups in total. The SMILES string of the molecule is Cc1ccc2cc(B(O)O)ccc2n1. The average Bonchev–Trinajstić information content (AvgIpc) is 2.16. The molecule has 0 atom stereocenters. The Morgan fingerprint density at radius 3 is 2.64 bits per heavy atom. The fourth-order valence-corrected chi connectivity index (χ4v) is 1.41. The minimum absolute atomic E-state index is 0.489. The van der Waals surface area contributed by atoms with E-state index in [0.29, 0.717) is 5.46 Å². The van der Waals surface area contributed by atoms with E-state index in [-0.39, 0.29) is 0 Å². The zero-order chi connectivity index (χ0) is 10.1. The molecule has 0 spiro atoms. The van der Waals surface area contributed by atoms with Crippen LogP contribution in [0.4, 0.5) is 0 Å². The number of hydrogen-bond acceptors (Lipinski definition) is 3. The molecule has 0 fully saturated rings. The molecule has 0 unspecified atom stereocenters. The number of hydrogen-bond donors (Lipinski definition) is 2. The van der Waals surface area contributed by atoms with Crippen molar-refractivity contribution >= 4 is 23.5 Å². The molecular weight excluding hydrogens is 177 g/mol. The standard InChI is InChI=1S/C10H10BNO2/c1-7-2-3-8-6-9(11(13)14)4-5-10(8)12-7/h2-6,13-14H,1H3. The maximum absolute atomic E-state index is 8.97. The zero-order valence-electron chi connectivity index (χ0n) is 7.81. The van der Waals surface area contributed by atoms with Gasteiger partial charge in [0.2, 0.25) is 0 Å². The first-order valence-corrected chi connectivity index (χ1v) is 4.40. The highest BCUT2D eigenvalue weighted by Gasteiger charge is 2.10. The minimum Gasteiger partial charge on any atom is -0.423 e. The third-order valence-corrected chi connectivity index (χ3v) is 2.15. The molecule has 14 heavy (non-hydrogen) atoms. The maximum Gasteiger partial charge on any atom is 0.488 e. The summed E-state index contributed by atoms with van der Waals surface area (Å²) in [5.41, 5.74) is 2.31. The van der Waals surface area contributed by atoms with Crippen LogP contribution in [0.5, 0.6) is 0 Å². The summed E-state index contributed by atoms with van der Waals surface area (Å²) in [6, 6.07) is 9.00. The van der Waals surface area contributed by atoms with E-state index in [1.807, 2.05) is 19.1 Å². The third-order valence-electron chi connectivity index (χ3n) is 2.15. The summed E-state index contributed by atoms with van der Waals surface area (Å²) in [6.45, 7) is 1.92. The lowest BCUT2D eigenvalue weighted by molar-refractivity contribution is 0.426. The number of benzene rings is 1. The molecule has 3 nitrogen and oxygen atoms in total. The summed E-state index contributed by atoms with van der Waals surface area (Å²) in [5, 5.41) is 18.9. The van der Waals surface area contributed by atoms with Crippen molar-refractivity contribution in [2.24, 2.45) is 0 Å². The van der Waals surface area contributed by atoms with Crippen LogP contribution in [0.2, 0.25) is 0 Å². The van der Waals surface area contributed by atoms with Crippen LogP contribution >= 0.6 is 0 Å². The summed E-state index contributed by atoms with van der Waals surface area (Å²) >= 11 is 0. The van der Waals surface area contributed by atoms with E-state index in [9.17, 15) is 0 Å². The molecule has 0 aliphatic heterocycles. The number of pyridine rings is 1. The first kappa shape index (κ1) is 9.18. The topological polar surface area (TPSA) is 53.4 Å². The van der Waals surface area contributed by atoms with Crippen molar-refractivity contribution in [3.8, 4) is 0 Å². The van der Waals surface area contributed by atoms with Gasteiger partial charge in [-0.15, -0.1) is 0 Å². The van der Waals surface area contributed by atoms with Crippen molar-refractivity contribution in [3.63, 3.8) is 0 Å². The van der Waals surface area contributed by atoms with E-state index >= 15 is 0 Å². The first-order valence-electron chi connectivity index (χ1n) is 4.40. The Morgan fingerprint density at radius 2 is 1.93 bits per heavy atom. The molecule has 2 rings (SSSR count). The van der Waals surface area contributed by atoms with Crippen molar-refractivity contribution in [2.45, 2.75) is 6.92 Å². The van der Waals surface area contributed by atoms with Crippen molar-refractivity contribution in [1.82, 2.24) is 4.98 Å². The molecule has 4 heteroatoms. The van der Waals surface area contributed by atoms with Gasteiger partial charge in [-0.1, -0.05) is 18.2 Å². The van der Waals surface area contributed by atoms with E-state index < -0.39 is 7.12 Å². The van der Waals surface area contributed by atoms with Gasteiger partial charge in [-0.3, -0.25) is 4.98 Å². The Balaban J connectivity index is 2.62. The second kappa shape index (κ2) is 3.40. The number of fused-ring (bicyclic) bond motifs is 1. The monoisotopic (exact) mass is 187 g/mol. The number of rotatable bonds is 1. The molecule has 0 radical (unpaired) electrons. The number of aryl methyl sites for hydroxylation is 1. The van der Waals surface area contributed by atoms with E-state index in [4.69, 9.17) is 10.0 Å². The van der Waals surface area contributed by atoms with Crippen LogP contribution in [0.1, 0.15) is 5.69 Å². The highest BCUT2D eigenvalue weighted by atomic mass is 16.4. The predicted molar refractivity (Wildman–Crippen MR) is 56.3 cm³/mol. The summed E-state index contributed by atoms with van der Waals surface area (Å²) in [7, 11) is -1.42. The molecule has 0 bridgehead atoms. The van der Waals surface area contributed by atoms with Crippen molar-refractivity contribution in [1.29, 1.82) is 0 Å². The van der Waals surface area contributed by atoms with Gasteiger partial charge >= 0.3 is 7.12 Å². The molecule has 1 aromatic carbocycles. The van der Waals surface area contributed by atoms with Gasteiger partial charge in [0.15, 0.2) is 0 Å². The Kier molecular flexibility index (Phi) is 2.23. The second-order valence-corrected chi connectivity index (χ2v) is 3.28. The van der Waals surface area contributed by atoms with Crippen LogP contribution in [0.3, 0.4) is 0 Å². The minimum atomic E-state index is -1.42. The molecule has 0 aliphatic carbocycles. The van der Waals surface area contributed by atoms with Crippen molar-refractivity contribution in [3.05, 3.63) is 36.0 Å². The first-order chi connectivity index (χ1) is 6.66. The summed E-state index contributed by atoms with van der Waals surface area (Å²) in [5.74, 6) is 0. The van der Waals surface area contributed by atoms with E-state index in [1.54, 1.807) is 18.2 Å². The van der Waals surface area contributed by atoms with Gasteiger partial charge in [0, 0.05) is 5.69 Å². The van der Waals surface area contributed by atoms with Gasteiger partial charge in [-0.05, 0) is 29.9 Å². The van der Waals surface area contributed by atoms with Gasteiger partial charge in [-0.25, -0.2) is 0 Å². The smallest absolute Gasteiger partial charge is 0.423 e. The third kappa shape index (κ3) is 1.62. The van der Waals surface area contributed by atoms with E-state index in [1.165, 1.54) is 0 Å². The molecule has 0 amide bonds. The second-order valence-electron chi connectivity index (χ2n) is 3.28. The van der Waals surface area contributed by atoms with Crippen LogP contribution < -0.4 is 5.46 Å². The molecule has 0 saturated heterocycles. The molecule has 2 aromatic rings. The van der Waals surface area contributed by atoms with Crippen molar-refractivity contribution < 1.29 is 10.0 Å². The lowest BCUT2D eigenvalue weighted by Gasteiger charge is -2.02. The highest BCUT2D eigenvalue weighted by molar-refractivity contribution is 6.58.